The SMILES string of the molecule is CC[C@@H](N)Cn1nc(C)cc1C. The Morgan fingerprint density at radius 1 is 1.58 bits per heavy atom. The molecule has 0 unspecified atom stereocenters. The molecular formula is C9H17N3. The molecule has 2 N–H and O–H groups in total. The molecule has 1 heterocycles. The van der Waals surface area contributed by atoms with Gasteiger partial charge in [0.1, 0.15) is 0 Å². The molecule has 0 saturated carbocycles. The third-order valence-electron chi connectivity index (χ3n) is 2.04. The Labute approximate surface area is 73.6 Å². The minimum atomic E-state index is 0.225. The van der Waals surface area contributed by atoms with Gasteiger partial charge in [-0.25, -0.2) is 0 Å². The van der Waals surface area contributed by atoms with Crippen LogP contribution in [0.2, 0.25) is 0 Å². The van der Waals surface area contributed by atoms with Crippen molar-refractivity contribution in [2.75, 3.05) is 0 Å². The van der Waals surface area contributed by atoms with E-state index in [1.165, 1.54) is 5.69 Å². The monoisotopic (exact) mass is 167 g/mol. The summed E-state index contributed by atoms with van der Waals surface area (Å²) < 4.78 is 1.98. The van der Waals surface area contributed by atoms with Crippen LogP contribution in [-0.2, 0) is 6.54 Å². The molecular weight excluding hydrogens is 150 g/mol. The zero-order valence-corrected chi connectivity index (χ0v) is 8.04. The molecule has 1 atom stereocenters. The number of hydrogen-bond acceptors (Lipinski definition) is 2. The van der Waals surface area contributed by atoms with Crippen LogP contribution in [0.1, 0.15) is 24.7 Å². The Hall–Kier alpha value is -0.830. The fourth-order valence-corrected chi connectivity index (χ4v) is 1.21. The second-order valence-electron chi connectivity index (χ2n) is 3.28. The van der Waals surface area contributed by atoms with Gasteiger partial charge in [0.2, 0.25) is 0 Å². The standard InChI is InChI=1S/C9H17N3/c1-4-9(10)6-12-8(3)5-7(2)11-12/h5,9H,4,6,10H2,1-3H3/t9-/m1/s1. The number of aromatic nitrogens is 2. The fraction of sp³-hybridized carbons (Fsp3) is 0.667. The van der Waals surface area contributed by atoms with Crippen LogP contribution in [0.5, 0.6) is 0 Å². The molecule has 0 fully saturated rings. The van der Waals surface area contributed by atoms with E-state index < -0.39 is 0 Å². The number of nitrogens with two attached hydrogens (primary N) is 1. The van der Waals surface area contributed by atoms with Crippen molar-refractivity contribution in [3.8, 4) is 0 Å². The van der Waals surface area contributed by atoms with Gasteiger partial charge >= 0.3 is 0 Å². The maximum atomic E-state index is 5.82. The first-order chi connectivity index (χ1) is 5.63. The van der Waals surface area contributed by atoms with Crippen LogP contribution in [-0.4, -0.2) is 15.8 Å². The highest BCUT2D eigenvalue weighted by atomic mass is 15.3. The van der Waals surface area contributed by atoms with Crippen molar-refractivity contribution in [2.45, 2.75) is 39.8 Å². The Morgan fingerprint density at radius 2 is 2.25 bits per heavy atom. The van der Waals surface area contributed by atoms with E-state index >= 15 is 0 Å². The maximum Gasteiger partial charge on any atom is 0.0596 e. The van der Waals surface area contributed by atoms with Crippen molar-refractivity contribution >= 4 is 0 Å². The molecule has 0 radical (unpaired) electrons. The van der Waals surface area contributed by atoms with E-state index in [0.29, 0.717) is 0 Å². The lowest BCUT2D eigenvalue weighted by Gasteiger charge is -2.09. The van der Waals surface area contributed by atoms with Crippen molar-refractivity contribution in [1.82, 2.24) is 9.78 Å². The molecule has 0 amide bonds. The van der Waals surface area contributed by atoms with Crippen molar-refractivity contribution < 1.29 is 0 Å². The Kier molecular flexibility index (Phi) is 2.87. The molecule has 3 heteroatoms. The van der Waals surface area contributed by atoms with Gasteiger partial charge in [0.25, 0.3) is 0 Å². The molecule has 68 valence electrons. The normalized spacial score (nSPS) is 13.3. The summed E-state index contributed by atoms with van der Waals surface area (Å²) in [7, 11) is 0. The fourth-order valence-electron chi connectivity index (χ4n) is 1.21. The third-order valence-corrected chi connectivity index (χ3v) is 2.04. The van der Waals surface area contributed by atoms with Crippen molar-refractivity contribution in [3.63, 3.8) is 0 Å². The molecule has 1 rings (SSSR count). The van der Waals surface area contributed by atoms with Crippen LogP contribution < -0.4 is 5.73 Å². The van der Waals surface area contributed by atoms with Crippen LogP contribution in [0, 0.1) is 13.8 Å². The molecule has 0 aliphatic rings. The zero-order valence-electron chi connectivity index (χ0n) is 8.04. The van der Waals surface area contributed by atoms with E-state index in [1.54, 1.807) is 0 Å². The highest BCUT2D eigenvalue weighted by molar-refractivity contribution is 5.06. The molecule has 1 aromatic rings. The summed E-state index contributed by atoms with van der Waals surface area (Å²) in [5.41, 5.74) is 8.08. The average Bonchev–Trinajstić information content (AvgIpc) is 2.30. The van der Waals surface area contributed by atoms with Gasteiger partial charge in [0.15, 0.2) is 0 Å². The lowest BCUT2D eigenvalue weighted by molar-refractivity contribution is 0.490. The molecule has 0 aliphatic heterocycles. The minimum Gasteiger partial charge on any atom is -0.326 e. The molecule has 0 bridgehead atoms. The molecule has 3 nitrogen and oxygen atoms in total. The Balaban J connectivity index is 2.68. The predicted octanol–water partition coefficient (Wildman–Crippen LogP) is 1.24. The van der Waals surface area contributed by atoms with Crippen LogP contribution in [0.3, 0.4) is 0 Å². The summed E-state index contributed by atoms with van der Waals surface area (Å²) in [5.74, 6) is 0. The first-order valence-electron chi connectivity index (χ1n) is 4.40. The van der Waals surface area contributed by atoms with Gasteiger partial charge in [0.05, 0.1) is 12.2 Å². The van der Waals surface area contributed by atoms with Crippen molar-refractivity contribution in [2.24, 2.45) is 5.73 Å². The summed E-state index contributed by atoms with van der Waals surface area (Å²) in [5, 5.41) is 4.33. The molecule has 1 aromatic heterocycles. The van der Waals surface area contributed by atoms with E-state index in [-0.39, 0.29) is 6.04 Å². The smallest absolute Gasteiger partial charge is 0.0596 e. The highest BCUT2D eigenvalue weighted by Crippen LogP contribution is 2.02. The summed E-state index contributed by atoms with van der Waals surface area (Å²) in [6.07, 6.45) is 0.998. The summed E-state index contributed by atoms with van der Waals surface area (Å²) in [6.45, 7) is 6.98. The zero-order chi connectivity index (χ0) is 9.14. The van der Waals surface area contributed by atoms with E-state index in [1.807, 2.05) is 11.6 Å². The van der Waals surface area contributed by atoms with Crippen molar-refractivity contribution in [3.05, 3.63) is 17.5 Å². The second kappa shape index (κ2) is 3.72. The lowest BCUT2D eigenvalue weighted by atomic mass is 10.2. The van der Waals surface area contributed by atoms with Gasteiger partial charge in [-0.1, -0.05) is 6.92 Å². The number of rotatable bonds is 3. The third kappa shape index (κ3) is 2.08. The Bertz CT molecular complexity index is 252. The van der Waals surface area contributed by atoms with Gasteiger partial charge in [-0.05, 0) is 26.3 Å². The summed E-state index contributed by atoms with van der Waals surface area (Å²) in [4.78, 5) is 0. The van der Waals surface area contributed by atoms with Crippen LogP contribution >= 0.6 is 0 Å². The first-order valence-corrected chi connectivity index (χ1v) is 4.40. The van der Waals surface area contributed by atoms with Gasteiger partial charge in [0, 0.05) is 11.7 Å². The molecule has 0 aromatic carbocycles. The molecule has 12 heavy (non-hydrogen) atoms. The lowest BCUT2D eigenvalue weighted by Crippen LogP contribution is -2.26. The van der Waals surface area contributed by atoms with Crippen LogP contribution in [0.15, 0.2) is 6.07 Å². The second-order valence-corrected chi connectivity index (χ2v) is 3.28. The number of aryl methyl sites for hydroxylation is 2. The van der Waals surface area contributed by atoms with E-state index in [9.17, 15) is 0 Å². The summed E-state index contributed by atoms with van der Waals surface area (Å²) >= 11 is 0. The van der Waals surface area contributed by atoms with Gasteiger partial charge in [-0.2, -0.15) is 5.10 Å². The molecule has 0 spiro atoms. The van der Waals surface area contributed by atoms with E-state index in [0.717, 1.165) is 18.7 Å². The number of nitrogens with zero attached hydrogens (tertiary/aromatic N) is 2. The maximum absolute atomic E-state index is 5.82. The van der Waals surface area contributed by atoms with Gasteiger partial charge in [-0.15, -0.1) is 0 Å². The molecule has 0 aliphatic carbocycles. The predicted molar refractivity (Wildman–Crippen MR) is 50.0 cm³/mol. The van der Waals surface area contributed by atoms with Gasteiger partial charge < -0.3 is 5.73 Å². The van der Waals surface area contributed by atoms with E-state index in [2.05, 4.69) is 25.0 Å². The van der Waals surface area contributed by atoms with Crippen LogP contribution in [0.25, 0.3) is 0 Å². The molecule has 0 saturated heterocycles. The average molecular weight is 167 g/mol. The quantitative estimate of drug-likeness (QED) is 0.736. The topological polar surface area (TPSA) is 43.8 Å². The summed E-state index contributed by atoms with van der Waals surface area (Å²) in [6, 6.07) is 2.30. The minimum absolute atomic E-state index is 0.225. The number of hydrogen-bond donors (Lipinski definition) is 1. The first kappa shape index (κ1) is 9.26. The van der Waals surface area contributed by atoms with Gasteiger partial charge in [-0.3, -0.25) is 4.68 Å². The highest BCUT2D eigenvalue weighted by Gasteiger charge is 2.04. The van der Waals surface area contributed by atoms with E-state index in [4.69, 9.17) is 5.73 Å². The largest absolute Gasteiger partial charge is 0.326 e. The Morgan fingerprint density at radius 3 is 2.67 bits per heavy atom. The van der Waals surface area contributed by atoms with Crippen molar-refractivity contribution in [1.29, 1.82) is 0 Å². The van der Waals surface area contributed by atoms with Crippen LogP contribution in [0.4, 0.5) is 0 Å².